The molecule has 124 valence electrons. The lowest BCUT2D eigenvalue weighted by atomic mass is 10.2. The average Bonchev–Trinajstić information content (AvgIpc) is 2.54. The number of benzene rings is 2. The molecule has 0 saturated heterocycles. The molecule has 0 unspecified atom stereocenters. The molecule has 0 aliphatic rings. The van der Waals surface area contributed by atoms with Crippen molar-refractivity contribution in [3.63, 3.8) is 0 Å². The van der Waals surface area contributed by atoms with E-state index in [1.807, 2.05) is 6.07 Å². The predicted molar refractivity (Wildman–Crippen MR) is 78.4 cm³/mol. The normalized spacial score (nSPS) is 10.6. The average molecular weight is 336 g/mol. The molecule has 0 radical (unpaired) electrons. The van der Waals surface area contributed by atoms with E-state index in [-0.39, 0.29) is 12.4 Å². The second-order valence-electron chi connectivity index (χ2n) is 4.55. The lowest BCUT2D eigenvalue weighted by Gasteiger charge is -2.10. The molecule has 2 rings (SSSR count). The van der Waals surface area contributed by atoms with E-state index in [2.05, 4.69) is 10.1 Å². The monoisotopic (exact) mass is 336 g/mol. The topological polar surface area (TPSA) is 71.3 Å². The van der Waals surface area contributed by atoms with Crippen LogP contribution in [0.4, 0.5) is 18.9 Å². The molecule has 1 amide bonds. The van der Waals surface area contributed by atoms with Crippen molar-refractivity contribution in [2.45, 2.75) is 6.36 Å². The summed E-state index contributed by atoms with van der Waals surface area (Å²) < 4.78 is 45.1. The van der Waals surface area contributed by atoms with Crippen molar-refractivity contribution in [1.29, 1.82) is 5.26 Å². The van der Waals surface area contributed by atoms with Gasteiger partial charge in [-0.1, -0.05) is 0 Å². The number of alkyl halides is 3. The van der Waals surface area contributed by atoms with Gasteiger partial charge >= 0.3 is 6.36 Å². The van der Waals surface area contributed by atoms with Crippen LogP contribution in [0.15, 0.2) is 48.5 Å². The minimum atomic E-state index is -4.76. The number of carbonyl (C=O) groups is 1. The largest absolute Gasteiger partial charge is 0.573 e. The fourth-order valence-electron chi connectivity index (χ4n) is 1.71. The van der Waals surface area contributed by atoms with Crippen LogP contribution in [0.25, 0.3) is 0 Å². The summed E-state index contributed by atoms with van der Waals surface area (Å²) in [5.41, 5.74) is 0.769. The molecule has 5 nitrogen and oxygen atoms in total. The first-order valence-corrected chi connectivity index (χ1v) is 6.64. The summed E-state index contributed by atoms with van der Waals surface area (Å²) in [6, 6.07) is 12.9. The molecule has 0 saturated carbocycles. The van der Waals surface area contributed by atoms with Crippen LogP contribution in [0.1, 0.15) is 5.56 Å². The second-order valence-corrected chi connectivity index (χ2v) is 4.55. The molecule has 0 heterocycles. The highest BCUT2D eigenvalue weighted by Gasteiger charge is 2.30. The van der Waals surface area contributed by atoms with E-state index in [0.29, 0.717) is 17.0 Å². The number of nitriles is 1. The van der Waals surface area contributed by atoms with Crippen LogP contribution in [0.3, 0.4) is 0 Å². The lowest BCUT2D eigenvalue weighted by molar-refractivity contribution is -0.274. The van der Waals surface area contributed by atoms with Gasteiger partial charge in [0.2, 0.25) is 0 Å². The van der Waals surface area contributed by atoms with Gasteiger partial charge in [0.25, 0.3) is 5.91 Å². The number of hydrogen-bond donors (Lipinski definition) is 1. The molecule has 0 aromatic heterocycles. The summed E-state index contributed by atoms with van der Waals surface area (Å²) in [4.78, 5) is 11.7. The minimum Gasteiger partial charge on any atom is -0.484 e. The van der Waals surface area contributed by atoms with Crippen molar-refractivity contribution in [2.75, 3.05) is 11.9 Å². The number of nitrogens with one attached hydrogen (secondary N) is 1. The lowest BCUT2D eigenvalue weighted by Crippen LogP contribution is -2.20. The summed E-state index contributed by atoms with van der Waals surface area (Å²) in [6.45, 7) is -0.285. The van der Waals surface area contributed by atoms with Crippen LogP contribution in [0.5, 0.6) is 11.5 Å². The van der Waals surface area contributed by atoms with Gasteiger partial charge in [-0.05, 0) is 48.5 Å². The van der Waals surface area contributed by atoms with Gasteiger partial charge in [-0.25, -0.2) is 0 Å². The maximum Gasteiger partial charge on any atom is 0.573 e. The molecule has 24 heavy (non-hydrogen) atoms. The van der Waals surface area contributed by atoms with E-state index < -0.39 is 12.3 Å². The van der Waals surface area contributed by atoms with Crippen molar-refractivity contribution < 1.29 is 27.4 Å². The van der Waals surface area contributed by atoms with Crippen LogP contribution in [0.2, 0.25) is 0 Å². The third-order valence-electron chi connectivity index (χ3n) is 2.72. The van der Waals surface area contributed by atoms with Gasteiger partial charge in [0.05, 0.1) is 11.6 Å². The quantitative estimate of drug-likeness (QED) is 0.907. The Kier molecular flexibility index (Phi) is 5.27. The Balaban J connectivity index is 1.84. The highest BCUT2D eigenvalue weighted by molar-refractivity contribution is 5.91. The zero-order chi connectivity index (χ0) is 17.6. The van der Waals surface area contributed by atoms with Crippen LogP contribution >= 0.6 is 0 Å². The summed E-state index contributed by atoms with van der Waals surface area (Å²) in [6.07, 6.45) is -4.76. The molecular weight excluding hydrogens is 325 g/mol. The van der Waals surface area contributed by atoms with Crippen LogP contribution in [-0.2, 0) is 4.79 Å². The number of amides is 1. The zero-order valence-corrected chi connectivity index (χ0v) is 12.1. The van der Waals surface area contributed by atoms with E-state index in [1.165, 1.54) is 12.1 Å². The van der Waals surface area contributed by atoms with Gasteiger partial charge in [-0.3, -0.25) is 4.79 Å². The Morgan fingerprint density at radius 2 is 1.62 bits per heavy atom. The molecule has 8 heteroatoms. The number of anilines is 1. The first-order chi connectivity index (χ1) is 11.4. The summed E-state index contributed by atoms with van der Waals surface area (Å²) in [5.74, 6) is -0.448. The van der Waals surface area contributed by atoms with E-state index >= 15 is 0 Å². The minimum absolute atomic E-state index is 0.285. The third kappa shape index (κ3) is 5.53. The molecule has 1 N–H and O–H groups in total. The Hall–Kier alpha value is -3.21. The van der Waals surface area contributed by atoms with E-state index in [1.54, 1.807) is 24.3 Å². The van der Waals surface area contributed by atoms with Gasteiger partial charge in [0, 0.05) is 5.69 Å². The standard InChI is InChI=1S/C16H11F3N2O3/c17-16(18,19)24-14-7-3-12(4-8-14)21-15(22)10-23-13-5-1-11(9-20)2-6-13/h1-8H,10H2,(H,21,22). The highest BCUT2D eigenvalue weighted by atomic mass is 19.4. The zero-order valence-electron chi connectivity index (χ0n) is 12.1. The number of ether oxygens (including phenoxy) is 2. The van der Waals surface area contributed by atoms with E-state index in [4.69, 9.17) is 10.00 Å². The second kappa shape index (κ2) is 7.37. The maximum atomic E-state index is 12.0. The van der Waals surface area contributed by atoms with Gasteiger partial charge < -0.3 is 14.8 Å². The van der Waals surface area contributed by atoms with Crippen molar-refractivity contribution in [2.24, 2.45) is 0 Å². The van der Waals surface area contributed by atoms with E-state index in [9.17, 15) is 18.0 Å². The van der Waals surface area contributed by atoms with E-state index in [0.717, 1.165) is 12.1 Å². The number of hydrogen-bond acceptors (Lipinski definition) is 4. The molecule has 2 aromatic rings. The molecular formula is C16H11F3N2O3. The molecule has 0 bridgehead atoms. The fraction of sp³-hybridized carbons (Fsp3) is 0.125. The summed E-state index contributed by atoms with van der Waals surface area (Å²) >= 11 is 0. The number of halogens is 3. The number of carbonyl (C=O) groups excluding carboxylic acids is 1. The van der Waals surface area contributed by atoms with Crippen molar-refractivity contribution in [3.05, 3.63) is 54.1 Å². The molecule has 0 aliphatic carbocycles. The molecule has 0 fully saturated rings. The smallest absolute Gasteiger partial charge is 0.484 e. The van der Waals surface area contributed by atoms with Crippen LogP contribution in [0, 0.1) is 11.3 Å². The maximum absolute atomic E-state index is 12.0. The Labute approximate surface area is 135 Å². The summed E-state index contributed by atoms with van der Waals surface area (Å²) in [5, 5.41) is 11.1. The van der Waals surface area contributed by atoms with Gasteiger partial charge in [0.1, 0.15) is 11.5 Å². The third-order valence-corrected chi connectivity index (χ3v) is 2.72. The molecule has 0 spiro atoms. The fourth-order valence-corrected chi connectivity index (χ4v) is 1.71. The van der Waals surface area contributed by atoms with Crippen molar-refractivity contribution in [3.8, 4) is 17.6 Å². The first-order valence-electron chi connectivity index (χ1n) is 6.64. The molecule has 0 aliphatic heterocycles. The SMILES string of the molecule is N#Cc1ccc(OCC(=O)Nc2ccc(OC(F)(F)F)cc2)cc1. The summed E-state index contributed by atoms with van der Waals surface area (Å²) in [7, 11) is 0. The first kappa shape index (κ1) is 17.1. The highest BCUT2D eigenvalue weighted by Crippen LogP contribution is 2.23. The van der Waals surface area contributed by atoms with Gasteiger partial charge in [0.15, 0.2) is 6.61 Å². The number of nitrogens with zero attached hydrogens (tertiary/aromatic N) is 1. The predicted octanol–water partition coefficient (Wildman–Crippen LogP) is 3.47. The Morgan fingerprint density at radius 1 is 1.04 bits per heavy atom. The van der Waals surface area contributed by atoms with Crippen molar-refractivity contribution in [1.82, 2.24) is 0 Å². The van der Waals surface area contributed by atoms with Crippen LogP contribution < -0.4 is 14.8 Å². The van der Waals surface area contributed by atoms with Crippen molar-refractivity contribution >= 4 is 11.6 Å². The van der Waals surface area contributed by atoms with Gasteiger partial charge in [-0.15, -0.1) is 13.2 Å². The Morgan fingerprint density at radius 3 is 2.17 bits per heavy atom. The Bertz CT molecular complexity index is 735. The van der Waals surface area contributed by atoms with Gasteiger partial charge in [-0.2, -0.15) is 5.26 Å². The molecule has 2 aromatic carbocycles. The molecule has 0 atom stereocenters. The number of rotatable bonds is 5. The van der Waals surface area contributed by atoms with Crippen LogP contribution in [-0.4, -0.2) is 18.9 Å².